The zero-order chi connectivity index (χ0) is 14.8. The van der Waals surface area contributed by atoms with E-state index in [1.807, 2.05) is 0 Å². The number of halogens is 1. The van der Waals surface area contributed by atoms with Crippen molar-refractivity contribution in [3.63, 3.8) is 0 Å². The van der Waals surface area contributed by atoms with E-state index in [9.17, 15) is 4.39 Å². The van der Waals surface area contributed by atoms with Crippen LogP contribution in [0.1, 0.15) is 6.42 Å². The molecule has 0 aliphatic rings. The Kier molecular flexibility index (Phi) is 4.00. The summed E-state index contributed by atoms with van der Waals surface area (Å²) in [5.41, 5.74) is 4.35. The predicted molar refractivity (Wildman–Crippen MR) is 68.9 cm³/mol. The van der Waals surface area contributed by atoms with Gasteiger partial charge < -0.3 is 25.3 Å². The van der Waals surface area contributed by atoms with Gasteiger partial charge in [-0.3, -0.25) is 0 Å². The van der Waals surface area contributed by atoms with Gasteiger partial charge in [0.2, 0.25) is 11.8 Å². The Morgan fingerprint density at radius 3 is 2.70 bits per heavy atom. The van der Waals surface area contributed by atoms with Gasteiger partial charge in [0.25, 0.3) is 0 Å². The highest BCUT2D eigenvalue weighted by atomic mass is 19.1. The number of methoxy groups -OCH3 is 1. The molecular weight excluding hydrogens is 269 g/mol. The Bertz CT molecular complexity index is 599. The molecule has 4 N–H and O–H groups in total. The highest BCUT2D eigenvalue weighted by Crippen LogP contribution is 2.23. The van der Waals surface area contributed by atoms with Crippen molar-refractivity contribution in [2.24, 2.45) is 0 Å². The fraction of sp³-hybridized carbons (Fsp3) is 0.545. The maximum atomic E-state index is 13.9. The second kappa shape index (κ2) is 5.55. The van der Waals surface area contributed by atoms with Crippen LogP contribution in [-0.2, 0) is 6.54 Å². The summed E-state index contributed by atoms with van der Waals surface area (Å²) >= 11 is 0. The van der Waals surface area contributed by atoms with E-state index in [1.165, 1.54) is 13.4 Å². The lowest BCUT2D eigenvalue weighted by molar-refractivity contribution is 0.00683. The number of ether oxygens (including phenoxy) is 1. The monoisotopic (exact) mass is 285 g/mol. The van der Waals surface area contributed by atoms with Gasteiger partial charge in [-0.15, -0.1) is 0 Å². The summed E-state index contributed by atoms with van der Waals surface area (Å²) in [5.74, 6) is 0.258. The van der Waals surface area contributed by atoms with E-state index < -0.39 is 18.9 Å². The number of hydrogen-bond acceptors (Lipinski definition) is 7. The Labute approximate surface area is 114 Å². The van der Waals surface area contributed by atoms with Crippen molar-refractivity contribution in [2.75, 3.05) is 26.1 Å². The van der Waals surface area contributed by atoms with Crippen LogP contribution in [0.3, 0.4) is 0 Å². The Hall–Kier alpha value is -2.00. The minimum Gasteiger partial charge on any atom is -0.479 e. The number of imidazole rings is 1. The standard InChI is InChI=1S/C11H16FN5O3/c1-20-9-7-8(15-10(13)16-9)17(6-14-7)3-2-11(12,4-18)5-19/h6,18-19H,2-5H2,1H3,(H2,13,15,16). The van der Waals surface area contributed by atoms with E-state index in [2.05, 4.69) is 15.0 Å². The van der Waals surface area contributed by atoms with Crippen LogP contribution in [0.2, 0.25) is 0 Å². The molecule has 0 aromatic carbocycles. The number of nitrogens with zero attached hydrogens (tertiary/aromatic N) is 4. The Balaban J connectivity index is 2.30. The number of fused-ring (bicyclic) bond motifs is 1. The van der Waals surface area contributed by atoms with Crippen molar-refractivity contribution in [3.05, 3.63) is 6.33 Å². The van der Waals surface area contributed by atoms with Crippen LogP contribution in [0, 0.1) is 0 Å². The van der Waals surface area contributed by atoms with Gasteiger partial charge in [0.1, 0.15) is 0 Å². The van der Waals surface area contributed by atoms with Crippen molar-refractivity contribution in [2.45, 2.75) is 18.6 Å². The van der Waals surface area contributed by atoms with Crippen molar-refractivity contribution in [1.82, 2.24) is 19.5 Å². The third kappa shape index (κ3) is 2.63. The molecule has 2 heterocycles. The topological polar surface area (TPSA) is 119 Å². The fourth-order valence-corrected chi connectivity index (χ4v) is 1.77. The lowest BCUT2D eigenvalue weighted by Gasteiger charge is -2.20. The van der Waals surface area contributed by atoms with Crippen LogP contribution in [0.5, 0.6) is 5.88 Å². The van der Waals surface area contributed by atoms with Crippen LogP contribution in [0.4, 0.5) is 10.3 Å². The molecule has 0 aliphatic carbocycles. The average molecular weight is 285 g/mol. The first kappa shape index (κ1) is 14.4. The Morgan fingerprint density at radius 1 is 1.40 bits per heavy atom. The van der Waals surface area contributed by atoms with Crippen molar-refractivity contribution < 1.29 is 19.3 Å². The maximum absolute atomic E-state index is 13.9. The Morgan fingerprint density at radius 2 is 2.10 bits per heavy atom. The summed E-state index contributed by atoms with van der Waals surface area (Å²) in [4.78, 5) is 12.0. The SMILES string of the molecule is COc1nc(N)nc2c1ncn2CCC(F)(CO)CO. The number of anilines is 1. The van der Waals surface area contributed by atoms with Gasteiger partial charge in [0, 0.05) is 13.0 Å². The molecular formula is C11H16FN5O3. The highest BCUT2D eigenvalue weighted by Gasteiger charge is 2.28. The zero-order valence-electron chi connectivity index (χ0n) is 11.0. The molecule has 0 radical (unpaired) electrons. The fourth-order valence-electron chi connectivity index (χ4n) is 1.77. The number of nitrogen functional groups attached to an aromatic ring is 1. The molecule has 2 aromatic rings. The van der Waals surface area contributed by atoms with Crippen molar-refractivity contribution >= 4 is 17.1 Å². The first-order valence-corrected chi connectivity index (χ1v) is 5.96. The molecule has 2 aromatic heterocycles. The number of aliphatic hydroxyl groups is 2. The number of hydrogen-bond donors (Lipinski definition) is 3. The third-order valence-electron chi connectivity index (χ3n) is 3.01. The normalized spacial score (nSPS) is 12.0. The van der Waals surface area contributed by atoms with Crippen LogP contribution in [0.15, 0.2) is 6.33 Å². The van der Waals surface area contributed by atoms with E-state index >= 15 is 0 Å². The molecule has 2 rings (SSSR count). The zero-order valence-corrected chi connectivity index (χ0v) is 11.0. The molecule has 0 amide bonds. The van der Waals surface area contributed by atoms with Gasteiger partial charge in [0.15, 0.2) is 16.8 Å². The molecule has 8 nitrogen and oxygen atoms in total. The summed E-state index contributed by atoms with van der Waals surface area (Å²) in [6.45, 7) is -1.33. The van der Waals surface area contributed by atoms with Crippen LogP contribution < -0.4 is 10.5 Å². The summed E-state index contributed by atoms with van der Waals surface area (Å²) in [5, 5.41) is 17.9. The molecule has 0 atom stereocenters. The van der Waals surface area contributed by atoms with Crippen molar-refractivity contribution in [1.29, 1.82) is 0 Å². The second-order valence-electron chi connectivity index (χ2n) is 4.42. The molecule has 9 heteroatoms. The summed E-state index contributed by atoms with van der Waals surface area (Å²) < 4.78 is 20.5. The van der Waals surface area contributed by atoms with Crippen LogP contribution in [-0.4, -0.2) is 55.7 Å². The second-order valence-corrected chi connectivity index (χ2v) is 4.42. The number of alkyl halides is 1. The highest BCUT2D eigenvalue weighted by molar-refractivity contribution is 5.77. The molecule has 20 heavy (non-hydrogen) atoms. The quantitative estimate of drug-likeness (QED) is 0.654. The van der Waals surface area contributed by atoms with Crippen LogP contribution >= 0.6 is 0 Å². The third-order valence-corrected chi connectivity index (χ3v) is 3.01. The van der Waals surface area contributed by atoms with Gasteiger partial charge in [-0.2, -0.15) is 9.97 Å². The van der Waals surface area contributed by atoms with Gasteiger partial charge in [-0.05, 0) is 0 Å². The van der Waals surface area contributed by atoms with E-state index in [-0.39, 0.29) is 24.8 Å². The smallest absolute Gasteiger partial charge is 0.246 e. The molecule has 110 valence electrons. The molecule has 0 saturated carbocycles. The van der Waals surface area contributed by atoms with Gasteiger partial charge in [0.05, 0.1) is 26.7 Å². The van der Waals surface area contributed by atoms with Gasteiger partial charge in [-0.1, -0.05) is 0 Å². The summed E-state index contributed by atoms with van der Waals surface area (Å²) in [7, 11) is 1.43. The lowest BCUT2D eigenvalue weighted by Crippen LogP contribution is -2.33. The molecule has 0 aliphatic heterocycles. The maximum Gasteiger partial charge on any atom is 0.246 e. The van der Waals surface area contributed by atoms with E-state index in [0.29, 0.717) is 11.2 Å². The summed E-state index contributed by atoms with van der Waals surface area (Å²) in [6, 6.07) is 0. The van der Waals surface area contributed by atoms with Gasteiger partial charge >= 0.3 is 0 Å². The minimum absolute atomic E-state index is 0.0203. The molecule has 0 fully saturated rings. The summed E-state index contributed by atoms with van der Waals surface area (Å²) in [6.07, 6.45) is 1.37. The van der Waals surface area contributed by atoms with Crippen molar-refractivity contribution in [3.8, 4) is 5.88 Å². The molecule has 0 spiro atoms. The van der Waals surface area contributed by atoms with E-state index in [4.69, 9.17) is 20.7 Å². The average Bonchev–Trinajstić information content (AvgIpc) is 2.86. The molecule has 0 bridgehead atoms. The largest absolute Gasteiger partial charge is 0.479 e. The van der Waals surface area contributed by atoms with E-state index in [1.54, 1.807) is 4.57 Å². The molecule has 0 saturated heterocycles. The minimum atomic E-state index is -2.04. The first-order chi connectivity index (χ1) is 9.53. The number of aryl methyl sites for hydroxylation is 1. The lowest BCUT2D eigenvalue weighted by atomic mass is 10.0. The predicted octanol–water partition coefficient (Wildman–Crippen LogP) is -0.500. The molecule has 0 unspecified atom stereocenters. The van der Waals surface area contributed by atoms with Gasteiger partial charge in [-0.25, -0.2) is 9.37 Å². The first-order valence-electron chi connectivity index (χ1n) is 5.96. The number of aliphatic hydroxyl groups excluding tert-OH is 2. The number of rotatable bonds is 6. The van der Waals surface area contributed by atoms with E-state index in [0.717, 1.165) is 0 Å². The number of nitrogens with two attached hydrogens (primary N) is 1. The van der Waals surface area contributed by atoms with Crippen LogP contribution in [0.25, 0.3) is 11.2 Å². The number of aromatic nitrogens is 4.